The number of terminal acetylenes is 1. The van der Waals surface area contributed by atoms with Gasteiger partial charge in [0.25, 0.3) is 0 Å². The van der Waals surface area contributed by atoms with Crippen LogP contribution in [0, 0.1) is 36.0 Å². The highest BCUT2D eigenvalue weighted by Crippen LogP contribution is 2.38. The Bertz CT molecular complexity index is 810. The molecule has 1 aliphatic rings. The molecule has 162 valence electrons. The van der Waals surface area contributed by atoms with Crippen molar-refractivity contribution in [3.05, 3.63) is 35.9 Å². The van der Waals surface area contributed by atoms with E-state index < -0.39 is 0 Å². The molecule has 30 heavy (non-hydrogen) atoms. The number of nitrogens with one attached hydrogen (secondary N) is 3. The van der Waals surface area contributed by atoms with E-state index in [2.05, 4.69) is 48.7 Å². The number of carbonyl (C=O) groups excluding carboxylic acids is 2. The molecule has 3 unspecified atom stereocenters. The van der Waals surface area contributed by atoms with Crippen molar-refractivity contribution >= 4 is 17.6 Å². The Hall–Kier alpha value is -2.94. The van der Waals surface area contributed by atoms with Crippen LogP contribution in [0.3, 0.4) is 0 Å². The number of hydrogen-bond donors (Lipinski definition) is 3. The minimum atomic E-state index is -0.243. The van der Waals surface area contributed by atoms with E-state index in [9.17, 15) is 9.59 Å². The maximum absolute atomic E-state index is 12.4. The Kier molecular flexibility index (Phi) is 8.79. The third-order valence-electron chi connectivity index (χ3n) is 5.73. The van der Waals surface area contributed by atoms with Gasteiger partial charge in [0, 0.05) is 24.7 Å². The number of benzene rings is 1. The lowest BCUT2D eigenvalue weighted by molar-refractivity contribution is -0.121. The summed E-state index contributed by atoms with van der Waals surface area (Å²) in [6.45, 7) is 7.26. The van der Waals surface area contributed by atoms with Crippen molar-refractivity contribution in [3.63, 3.8) is 0 Å². The smallest absolute Gasteiger partial charge is 0.319 e. The Morgan fingerprint density at radius 3 is 2.73 bits per heavy atom. The van der Waals surface area contributed by atoms with Gasteiger partial charge in [0.15, 0.2) is 0 Å². The average molecular weight is 412 g/mol. The number of anilines is 1. The molecule has 0 aromatic heterocycles. The third-order valence-corrected chi connectivity index (χ3v) is 5.73. The van der Waals surface area contributed by atoms with Crippen molar-refractivity contribution in [1.82, 2.24) is 10.6 Å². The molecule has 0 fully saturated rings. The SMILES string of the molecule is C#CCNC(=O)CC1CC(C(C)C)C(CNC(=O)Nc2cccc(OC)c2)C=C1C. The maximum atomic E-state index is 12.4. The van der Waals surface area contributed by atoms with Gasteiger partial charge in [-0.05, 0) is 49.1 Å². The monoisotopic (exact) mass is 411 g/mol. The molecule has 0 spiro atoms. The van der Waals surface area contributed by atoms with E-state index in [1.165, 1.54) is 5.57 Å². The van der Waals surface area contributed by atoms with Crippen LogP contribution in [0.5, 0.6) is 5.75 Å². The molecule has 0 heterocycles. The Morgan fingerprint density at radius 2 is 2.07 bits per heavy atom. The first-order valence-electron chi connectivity index (χ1n) is 10.4. The summed E-state index contributed by atoms with van der Waals surface area (Å²) in [7, 11) is 1.59. The Morgan fingerprint density at radius 1 is 1.30 bits per heavy atom. The largest absolute Gasteiger partial charge is 0.497 e. The highest BCUT2D eigenvalue weighted by Gasteiger charge is 2.32. The molecule has 2 rings (SSSR count). The van der Waals surface area contributed by atoms with E-state index >= 15 is 0 Å². The number of carbonyl (C=O) groups is 2. The second-order valence-corrected chi connectivity index (χ2v) is 8.17. The molecule has 0 saturated heterocycles. The molecule has 1 aromatic rings. The number of methoxy groups -OCH3 is 1. The lowest BCUT2D eigenvalue weighted by Gasteiger charge is -2.37. The summed E-state index contributed by atoms with van der Waals surface area (Å²) in [4.78, 5) is 24.5. The van der Waals surface area contributed by atoms with Gasteiger partial charge in [0.2, 0.25) is 5.91 Å². The summed E-state index contributed by atoms with van der Waals surface area (Å²) in [5.74, 6) is 4.37. The Balaban J connectivity index is 1.97. The van der Waals surface area contributed by atoms with Crippen LogP contribution in [0.1, 0.15) is 33.6 Å². The lowest BCUT2D eigenvalue weighted by Crippen LogP contribution is -2.39. The van der Waals surface area contributed by atoms with Crippen LogP contribution >= 0.6 is 0 Å². The normalized spacial score (nSPS) is 20.7. The first-order valence-corrected chi connectivity index (χ1v) is 10.4. The van der Waals surface area contributed by atoms with Gasteiger partial charge in [-0.15, -0.1) is 6.42 Å². The lowest BCUT2D eigenvalue weighted by atomic mass is 9.70. The molecule has 0 saturated carbocycles. The molecule has 3 atom stereocenters. The van der Waals surface area contributed by atoms with Crippen LogP contribution in [-0.4, -0.2) is 32.1 Å². The second-order valence-electron chi connectivity index (χ2n) is 8.17. The fraction of sp³-hybridized carbons (Fsp3) is 0.500. The predicted molar refractivity (Wildman–Crippen MR) is 120 cm³/mol. The van der Waals surface area contributed by atoms with Crippen LogP contribution < -0.4 is 20.7 Å². The van der Waals surface area contributed by atoms with E-state index in [0.717, 1.165) is 6.42 Å². The summed E-state index contributed by atoms with van der Waals surface area (Å²) in [6, 6.07) is 7.01. The number of hydrogen-bond acceptors (Lipinski definition) is 3. The minimum Gasteiger partial charge on any atom is -0.497 e. The topological polar surface area (TPSA) is 79.5 Å². The average Bonchev–Trinajstić information content (AvgIpc) is 2.72. The zero-order valence-electron chi connectivity index (χ0n) is 18.3. The number of ether oxygens (including phenoxy) is 1. The zero-order chi connectivity index (χ0) is 22.1. The zero-order valence-corrected chi connectivity index (χ0v) is 18.3. The van der Waals surface area contributed by atoms with Crippen molar-refractivity contribution in [1.29, 1.82) is 0 Å². The van der Waals surface area contributed by atoms with Crippen LogP contribution in [0.4, 0.5) is 10.5 Å². The highest BCUT2D eigenvalue weighted by atomic mass is 16.5. The van der Waals surface area contributed by atoms with Crippen molar-refractivity contribution in [2.75, 3.05) is 25.5 Å². The van der Waals surface area contributed by atoms with E-state index in [4.69, 9.17) is 11.2 Å². The first-order chi connectivity index (χ1) is 14.3. The number of rotatable bonds is 8. The maximum Gasteiger partial charge on any atom is 0.319 e. The van der Waals surface area contributed by atoms with Crippen molar-refractivity contribution in [2.24, 2.45) is 23.7 Å². The molecule has 3 N–H and O–H groups in total. The van der Waals surface area contributed by atoms with Crippen LogP contribution in [-0.2, 0) is 4.79 Å². The first kappa shape index (κ1) is 23.3. The molecule has 3 amide bonds. The van der Waals surface area contributed by atoms with E-state index in [1.54, 1.807) is 13.2 Å². The van der Waals surface area contributed by atoms with Crippen LogP contribution in [0.25, 0.3) is 0 Å². The predicted octanol–water partition coefficient (Wildman–Crippen LogP) is 3.81. The molecular formula is C24H33N3O3. The molecule has 6 nitrogen and oxygen atoms in total. The van der Waals surface area contributed by atoms with E-state index in [1.807, 2.05) is 18.2 Å². The molecular weight excluding hydrogens is 378 g/mol. The van der Waals surface area contributed by atoms with Gasteiger partial charge in [0.05, 0.1) is 13.7 Å². The quantitative estimate of drug-likeness (QED) is 0.450. The van der Waals surface area contributed by atoms with Gasteiger partial charge >= 0.3 is 6.03 Å². The van der Waals surface area contributed by atoms with Gasteiger partial charge in [-0.25, -0.2) is 4.79 Å². The summed E-state index contributed by atoms with van der Waals surface area (Å²) in [5.41, 5.74) is 1.88. The van der Waals surface area contributed by atoms with Crippen molar-refractivity contribution in [3.8, 4) is 18.1 Å². The van der Waals surface area contributed by atoms with Gasteiger partial charge in [0.1, 0.15) is 5.75 Å². The van der Waals surface area contributed by atoms with Gasteiger partial charge in [-0.2, -0.15) is 0 Å². The van der Waals surface area contributed by atoms with Crippen molar-refractivity contribution < 1.29 is 14.3 Å². The number of amides is 3. The second kappa shape index (κ2) is 11.3. The fourth-order valence-electron chi connectivity index (χ4n) is 4.04. The molecule has 0 aliphatic heterocycles. The van der Waals surface area contributed by atoms with Crippen molar-refractivity contribution in [2.45, 2.75) is 33.6 Å². The van der Waals surface area contributed by atoms with Crippen LogP contribution in [0.2, 0.25) is 0 Å². The number of urea groups is 1. The van der Waals surface area contributed by atoms with Gasteiger partial charge in [-0.3, -0.25) is 4.79 Å². The molecule has 1 aliphatic carbocycles. The summed E-state index contributed by atoms with van der Waals surface area (Å²) < 4.78 is 5.19. The molecule has 1 aromatic carbocycles. The Labute approximate surface area is 179 Å². The summed E-state index contributed by atoms with van der Waals surface area (Å²) >= 11 is 0. The van der Waals surface area contributed by atoms with Gasteiger partial charge < -0.3 is 20.7 Å². The standard InChI is InChI=1S/C24H33N3O3/c1-6-10-25-23(28)13-18-12-22(16(2)3)19(11-17(18)4)15-26-24(29)27-20-8-7-9-21(14-20)30-5/h1,7-9,11,14,16,18-19,22H,10,12-13,15H2,2-5H3,(H,25,28)(H2,26,27,29). The molecule has 0 bridgehead atoms. The molecule has 0 radical (unpaired) electrons. The van der Waals surface area contributed by atoms with Gasteiger partial charge in [-0.1, -0.05) is 37.5 Å². The van der Waals surface area contributed by atoms with Crippen LogP contribution in [0.15, 0.2) is 35.9 Å². The number of allylic oxidation sites excluding steroid dienone is 1. The summed E-state index contributed by atoms with van der Waals surface area (Å²) in [5, 5.41) is 8.59. The summed E-state index contributed by atoms with van der Waals surface area (Å²) in [6.07, 6.45) is 8.81. The fourth-order valence-corrected chi connectivity index (χ4v) is 4.04. The minimum absolute atomic E-state index is 0.0116. The molecule has 6 heteroatoms. The third kappa shape index (κ3) is 6.84. The van der Waals surface area contributed by atoms with E-state index in [-0.39, 0.29) is 30.3 Å². The van der Waals surface area contributed by atoms with E-state index in [0.29, 0.717) is 36.2 Å². The highest BCUT2D eigenvalue weighted by molar-refractivity contribution is 5.89.